The molecule has 1 unspecified atom stereocenters. The Morgan fingerprint density at radius 2 is 2.00 bits per heavy atom. The fourth-order valence-electron chi connectivity index (χ4n) is 1.84. The molecule has 1 aromatic carbocycles. The zero-order chi connectivity index (χ0) is 16.1. The van der Waals surface area contributed by atoms with Gasteiger partial charge in [-0.25, -0.2) is 0 Å². The molecule has 8 heteroatoms. The van der Waals surface area contributed by atoms with E-state index in [0.717, 1.165) is 0 Å². The maximum atomic E-state index is 12.2. The zero-order valence-electron chi connectivity index (χ0n) is 12.0. The number of ether oxygens (including phenoxy) is 2. The number of amides is 1. The van der Waals surface area contributed by atoms with E-state index in [1.54, 1.807) is 18.2 Å². The van der Waals surface area contributed by atoms with Gasteiger partial charge in [0.15, 0.2) is 11.5 Å². The van der Waals surface area contributed by atoms with Gasteiger partial charge < -0.3 is 19.9 Å². The number of benzene rings is 1. The van der Waals surface area contributed by atoms with Crippen molar-refractivity contribution >= 4 is 22.7 Å². The second kappa shape index (κ2) is 7.26. The number of carbonyl (C=O) groups excluding carboxylic acids is 1. The van der Waals surface area contributed by atoms with Crippen LogP contribution in [0.4, 0.5) is 0 Å². The molecule has 0 aromatic heterocycles. The Morgan fingerprint density at radius 3 is 2.68 bits per heavy atom. The van der Waals surface area contributed by atoms with Gasteiger partial charge in [-0.15, -0.1) is 0 Å². The van der Waals surface area contributed by atoms with Crippen LogP contribution in [0.2, 0.25) is 0 Å². The smallest absolute Gasteiger partial charge is 0.325 e. The van der Waals surface area contributed by atoms with Gasteiger partial charge in [0.2, 0.25) is 5.91 Å². The van der Waals surface area contributed by atoms with Gasteiger partial charge in [0.05, 0.1) is 10.8 Å². The van der Waals surface area contributed by atoms with Crippen molar-refractivity contribution in [2.24, 2.45) is 0 Å². The van der Waals surface area contributed by atoms with Crippen molar-refractivity contribution in [3.8, 4) is 11.5 Å². The Morgan fingerprint density at radius 1 is 1.32 bits per heavy atom. The van der Waals surface area contributed by atoms with Crippen LogP contribution in [0.1, 0.15) is 13.3 Å². The van der Waals surface area contributed by atoms with Gasteiger partial charge in [0.1, 0.15) is 19.3 Å². The van der Waals surface area contributed by atoms with Crippen LogP contribution in [0.15, 0.2) is 23.1 Å². The minimum absolute atomic E-state index is 0.0152. The molecule has 2 rings (SSSR count). The summed E-state index contributed by atoms with van der Waals surface area (Å²) < 4.78 is 23.0. The molecule has 0 spiro atoms. The highest BCUT2D eigenvalue weighted by atomic mass is 32.2. The molecule has 0 saturated heterocycles. The van der Waals surface area contributed by atoms with Gasteiger partial charge in [0, 0.05) is 23.1 Å². The summed E-state index contributed by atoms with van der Waals surface area (Å²) in [4.78, 5) is 22.7. The maximum Gasteiger partial charge on any atom is 0.325 e. The molecular formula is C14H17NO6S. The summed E-state index contributed by atoms with van der Waals surface area (Å²) in [5.41, 5.74) is 0. The van der Waals surface area contributed by atoms with E-state index >= 15 is 0 Å². The molecule has 0 saturated carbocycles. The van der Waals surface area contributed by atoms with Crippen LogP contribution in [0, 0.1) is 0 Å². The standard InChI is InChI=1S/C14H17NO6S/c1-9(14(17)18)15-13(16)4-7-22(19)10-2-3-11-12(8-10)21-6-5-20-11/h2-3,8-9H,4-7H2,1H3,(H,15,16)(H,17,18)/t9-,22?/m1/s1. The molecule has 2 N–H and O–H groups in total. The lowest BCUT2D eigenvalue weighted by Gasteiger charge is -2.18. The first-order valence-corrected chi connectivity index (χ1v) is 8.09. The average Bonchev–Trinajstić information content (AvgIpc) is 2.52. The Kier molecular flexibility index (Phi) is 5.37. The van der Waals surface area contributed by atoms with Gasteiger partial charge in [-0.2, -0.15) is 0 Å². The maximum absolute atomic E-state index is 12.2. The molecule has 22 heavy (non-hydrogen) atoms. The minimum atomic E-state index is -1.37. The summed E-state index contributed by atoms with van der Waals surface area (Å²) in [7, 11) is -1.37. The summed E-state index contributed by atoms with van der Waals surface area (Å²) in [6.07, 6.45) is -0.0152. The number of hydrogen-bond acceptors (Lipinski definition) is 5. The number of rotatable bonds is 6. The van der Waals surface area contributed by atoms with Crippen LogP contribution in [0.3, 0.4) is 0 Å². The van der Waals surface area contributed by atoms with E-state index in [4.69, 9.17) is 14.6 Å². The number of nitrogens with one attached hydrogen (secondary N) is 1. The molecule has 2 atom stereocenters. The summed E-state index contributed by atoms with van der Waals surface area (Å²) in [5, 5.41) is 11.0. The fraction of sp³-hybridized carbons (Fsp3) is 0.429. The first kappa shape index (κ1) is 16.3. The van der Waals surface area contributed by atoms with E-state index in [9.17, 15) is 13.8 Å². The van der Waals surface area contributed by atoms with E-state index in [-0.39, 0.29) is 12.2 Å². The van der Waals surface area contributed by atoms with Crippen LogP contribution in [0.5, 0.6) is 11.5 Å². The lowest BCUT2D eigenvalue weighted by Crippen LogP contribution is -2.38. The molecule has 1 aliphatic heterocycles. The summed E-state index contributed by atoms with van der Waals surface area (Å²) >= 11 is 0. The second-order valence-corrected chi connectivity index (χ2v) is 6.30. The molecule has 7 nitrogen and oxygen atoms in total. The van der Waals surface area contributed by atoms with Crippen molar-refractivity contribution < 1.29 is 28.4 Å². The van der Waals surface area contributed by atoms with Crippen molar-refractivity contribution in [1.82, 2.24) is 5.32 Å². The van der Waals surface area contributed by atoms with E-state index in [2.05, 4.69) is 5.32 Å². The zero-order valence-corrected chi connectivity index (χ0v) is 12.9. The van der Waals surface area contributed by atoms with Crippen LogP contribution in [0.25, 0.3) is 0 Å². The van der Waals surface area contributed by atoms with Crippen molar-refractivity contribution in [1.29, 1.82) is 0 Å². The molecule has 0 radical (unpaired) electrons. The number of hydrogen-bond donors (Lipinski definition) is 2. The monoisotopic (exact) mass is 327 g/mol. The van der Waals surface area contributed by atoms with Crippen LogP contribution in [-0.2, 0) is 20.4 Å². The van der Waals surface area contributed by atoms with E-state index < -0.39 is 28.7 Å². The quantitative estimate of drug-likeness (QED) is 0.791. The van der Waals surface area contributed by atoms with Crippen LogP contribution < -0.4 is 14.8 Å². The third-order valence-electron chi connectivity index (χ3n) is 3.04. The number of aliphatic carboxylic acids is 1. The molecule has 120 valence electrons. The topological polar surface area (TPSA) is 102 Å². The first-order chi connectivity index (χ1) is 10.5. The lowest BCUT2D eigenvalue weighted by atomic mass is 10.3. The number of carboxylic acid groups (broad SMARTS) is 1. The van der Waals surface area contributed by atoms with Gasteiger partial charge in [-0.1, -0.05) is 0 Å². The van der Waals surface area contributed by atoms with E-state index in [1.807, 2.05) is 0 Å². The number of carboxylic acids is 1. The van der Waals surface area contributed by atoms with Crippen LogP contribution in [-0.4, -0.2) is 46.2 Å². The van der Waals surface area contributed by atoms with Crippen molar-refractivity contribution in [3.05, 3.63) is 18.2 Å². The van der Waals surface area contributed by atoms with Crippen molar-refractivity contribution in [2.45, 2.75) is 24.3 Å². The Hall–Kier alpha value is -2.09. The molecule has 1 heterocycles. The van der Waals surface area contributed by atoms with Crippen molar-refractivity contribution in [3.63, 3.8) is 0 Å². The third-order valence-corrected chi connectivity index (χ3v) is 4.39. The molecular weight excluding hydrogens is 310 g/mol. The van der Waals surface area contributed by atoms with Gasteiger partial charge >= 0.3 is 5.97 Å². The highest BCUT2D eigenvalue weighted by molar-refractivity contribution is 7.85. The lowest BCUT2D eigenvalue weighted by molar-refractivity contribution is -0.141. The SMILES string of the molecule is C[C@@H](NC(=O)CCS(=O)c1ccc2c(c1)OCCO2)C(=O)O. The third kappa shape index (κ3) is 4.20. The normalized spacial score (nSPS) is 15.7. The van der Waals surface area contributed by atoms with Gasteiger partial charge in [-0.05, 0) is 19.1 Å². The molecule has 0 fully saturated rings. The Labute approximate surface area is 130 Å². The van der Waals surface area contributed by atoms with Crippen LogP contribution >= 0.6 is 0 Å². The minimum Gasteiger partial charge on any atom is -0.486 e. The number of carbonyl (C=O) groups is 2. The molecule has 0 bridgehead atoms. The van der Waals surface area contributed by atoms with E-state index in [1.165, 1.54) is 6.92 Å². The Bertz CT molecular complexity index is 603. The molecule has 0 aliphatic carbocycles. The second-order valence-electron chi connectivity index (χ2n) is 4.73. The van der Waals surface area contributed by atoms with Gasteiger partial charge in [-0.3, -0.25) is 13.8 Å². The van der Waals surface area contributed by atoms with E-state index in [0.29, 0.717) is 29.6 Å². The summed E-state index contributed by atoms with van der Waals surface area (Å²) in [6, 6.07) is 4.04. The highest BCUT2D eigenvalue weighted by Crippen LogP contribution is 2.31. The predicted molar refractivity (Wildman–Crippen MR) is 78.6 cm³/mol. The molecule has 1 amide bonds. The highest BCUT2D eigenvalue weighted by Gasteiger charge is 2.17. The predicted octanol–water partition coefficient (Wildman–Crippen LogP) is 0.545. The molecule has 1 aliphatic rings. The first-order valence-electron chi connectivity index (χ1n) is 6.77. The summed E-state index contributed by atoms with van der Waals surface area (Å²) in [6.45, 7) is 2.30. The largest absolute Gasteiger partial charge is 0.486 e. The van der Waals surface area contributed by atoms with Crippen molar-refractivity contribution in [2.75, 3.05) is 19.0 Å². The van der Waals surface area contributed by atoms with Gasteiger partial charge in [0.25, 0.3) is 0 Å². The summed E-state index contributed by atoms with van der Waals surface area (Å²) in [5.74, 6) is -0.291. The Balaban J connectivity index is 1.90. The molecule has 1 aromatic rings. The average molecular weight is 327 g/mol. The fourth-order valence-corrected chi connectivity index (χ4v) is 2.91. The number of fused-ring (bicyclic) bond motifs is 1.